The first-order chi connectivity index (χ1) is 14.3. The predicted molar refractivity (Wildman–Crippen MR) is 114 cm³/mol. The van der Waals surface area contributed by atoms with Crippen molar-refractivity contribution in [1.29, 1.82) is 0 Å². The Labute approximate surface area is 171 Å². The van der Waals surface area contributed by atoms with Crippen molar-refractivity contribution < 1.29 is 13.2 Å². The standard InChI is InChI=1S/C21H17N3O5S/c1-13-5-4-6-14(11-13)29-19-8-3-2-7-18(19)24-30(27,28)15-9-10-17-16(12-15)20(25)23-21(26)22-17/h2-12,24H,1H3,(H2,22,23,25,26). The Morgan fingerprint density at radius 3 is 2.50 bits per heavy atom. The fourth-order valence-electron chi connectivity index (χ4n) is 2.96. The Morgan fingerprint density at radius 1 is 0.900 bits per heavy atom. The van der Waals surface area contributed by atoms with Crippen molar-refractivity contribution in [3.63, 3.8) is 0 Å². The molecule has 8 nitrogen and oxygen atoms in total. The number of aryl methyl sites for hydroxylation is 1. The Hall–Kier alpha value is -3.85. The molecule has 0 fully saturated rings. The van der Waals surface area contributed by atoms with Crippen LogP contribution in [0.4, 0.5) is 5.69 Å². The molecule has 0 aliphatic carbocycles. The van der Waals surface area contributed by atoms with Crippen LogP contribution in [0.25, 0.3) is 10.9 Å². The van der Waals surface area contributed by atoms with Crippen molar-refractivity contribution in [1.82, 2.24) is 9.97 Å². The number of anilines is 1. The molecule has 0 bridgehead atoms. The molecule has 3 aromatic carbocycles. The van der Waals surface area contributed by atoms with Gasteiger partial charge in [-0.15, -0.1) is 0 Å². The van der Waals surface area contributed by atoms with Crippen LogP contribution in [0.2, 0.25) is 0 Å². The second-order valence-corrected chi connectivity index (χ2v) is 8.32. The van der Waals surface area contributed by atoms with Crippen molar-refractivity contribution in [3.8, 4) is 11.5 Å². The summed E-state index contributed by atoms with van der Waals surface area (Å²) in [5.41, 5.74) is 0.155. The second kappa shape index (κ2) is 7.53. The lowest BCUT2D eigenvalue weighted by Gasteiger charge is -2.14. The zero-order valence-electron chi connectivity index (χ0n) is 15.8. The summed E-state index contributed by atoms with van der Waals surface area (Å²) in [6, 6.07) is 17.9. The SMILES string of the molecule is Cc1cccc(Oc2ccccc2NS(=O)(=O)c2ccc3[nH]c(=O)[nH]c(=O)c3c2)c1. The van der Waals surface area contributed by atoms with E-state index < -0.39 is 21.3 Å². The largest absolute Gasteiger partial charge is 0.455 e. The fourth-order valence-corrected chi connectivity index (χ4v) is 4.06. The van der Waals surface area contributed by atoms with Crippen LogP contribution in [0.1, 0.15) is 5.56 Å². The van der Waals surface area contributed by atoms with Gasteiger partial charge in [-0.1, -0.05) is 24.3 Å². The molecule has 0 spiro atoms. The van der Waals surface area contributed by atoms with Gasteiger partial charge in [-0.2, -0.15) is 0 Å². The minimum absolute atomic E-state index is 0.0572. The molecule has 4 aromatic rings. The summed E-state index contributed by atoms with van der Waals surface area (Å²) < 4.78 is 34.2. The van der Waals surface area contributed by atoms with Gasteiger partial charge < -0.3 is 9.72 Å². The molecule has 0 radical (unpaired) electrons. The van der Waals surface area contributed by atoms with E-state index in [9.17, 15) is 18.0 Å². The number of fused-ring (bicyclic) bond motifs is 1. The summed E-state index contributed by atoms with van der Waals surface area (Å²) in [5, 5.41) is 0.0572. The van der Waals surface area contributed by atoms with Gasteiger partial charge in [-0.05, 0) is 55.0 Å². The minimum atomic E-state index is -4.03. The smallest absolute Gasteiger partial charge is 0.326 e. The number of benzene rings is 3. The highest BCUT2D eigenvalue weighted by Crippen LogP contribution is 2.31. The first kappa shape index (κ1) is 19.5. The van der Waals surface area contributed by atoms with Gasteiger partial charge in [-0.3, -0.25) is 14.5 Å². The van der Waals surface area contributed by atoms with E-state index in [1.54, 1.807) is 30.3 Å². The van der Waals surface area contributed by atoms with Gasteiger partial charge in [-0.25, -0.2) is 13.2 Å². The molecule has 152 valence electrons. The molecule has 0 aliphatic heterocycles. The van der Waals surface area contributed by atoms with Gasteiger partial charge in [0.05, 0.1) is 21.5 Å². The van der Waals surface area contributed by atoms with Gasteiger partial charge in [0, 0.05) is 0 Å². The third-order valence-electron chi connectivity index (χ3n) is 4.37. The number of sulfonamides is 1. The molecule has 30 heavy (non-hydrogen) atoms. The Morgan fingerprint density at radius 2 is 1.70 bits per heavy atom. The van der Waals surface area contributed by atoms with Crippen LogP contribution in [0.15, 0.2) is 81.2 Å². The van der Waals surface area contributed by atoms with Crippen molar-refractivity contribution >= 4 is 26.6 Å². The lowest BCUT2D eigenvalue weighted by atomic mass is 10.2. The van der Waals surface area contributed by atoms with E-state index >= 15 is 0 Å². The van der Waals surface area contributed by atoms with Crippen LogP contribution < -0.4 is 20.7 Å². The number of H-pyrrole nitrogens is 2. The average molecular weight is 423 g/mol. The van der Waals surface area contributed by atoms with Crippen LogP contribution >= 0.6 is 0 Å². The summed E-state index contributed by atoms with van der Waals surface area (Å²) >= 11 is 0. The lowest BCUT2D eigenvalue weighted by molar-refractivity contribution is 0.484. The highest BCUT2D eigenvalue weighted by molar-refractivity contribution is 7.92. The van der Waals surface area contributed by atoms with Crippen molar-refractivity contribution in [2.45, 2.75) is 11.8 Å². The molecule has 0 saturated heterocycles. The molecule has 0 saturated carbocycles. The van der Waals surface area contributed by atoms with E-state index in [1.807, 2.05) is 25.1 Å². The van der Waals surface area contributed by atoms with Crippen LogP contribution in [0, 0.1) is 6.92 Å². The predicted octanol–water partition coefficient (Wildman–Crippen LogP) is 3.12. The number of hydrogen-bond acceptors (Lipinski definition) is 5. The van der Waals surface area contributed by atoms with Crippen LogP contribution in [0.5, 0.6) is 11.5 Å². The Kier molecular flexibility index (Phi) is 4.88. The number of aromatic amines is 2. The van der Waals surface area contributed by atoms with Crippen molar-refractivity contribution in [2.24, 2.45) is 0 Å². The number of para-hydroxylation sites is 2. The number of hydrogen-bond donors (Lipinski definition) is 3. The molecule has 1 heterocycles. The number of aromatic nitrogens is 2. The normalized spacial score (nSPS) is 11.4. The van der Waals surface area contributed by atoms with Crippen molar-refractivity contribution in [2.75, 3.05) is 4.72 Å². The topological polar surface area (TPSA) is 121 Å². The first-order valence-corrected chi connectivity index (χ1v) is 10.4. The van der Waals surface area contributed by atoms with E-state index in [1.165, 1.54) is 18.2 Å². The van der Waals surface area contributed by atoms with E-state index in [4.69, 9.17) is 4.74 Å². The van der Waals surface area contributed by atoms with Crippen LogP contribution in [-0.4, -0.2) is 18.4 Å². The highest BCUT2D eigenvalue weighted by atomic mass is 32.2. The molecule has 0 aliphatic rings. The monoisotopic (exact) mass is 423 g/mol. The lowest BCUT2D eigenvalue weighted by Crippen LogP contribution is -2.22. The van der Waals surface area contributed by atoms with Gasteiger partial charge in [0.15, 0.2) is 5.75 Å². The van der Waals surface area contributed by atoms with Gasteiger partial charge in [0.2, 0.25) is 0 Å². The molecule has 9 heteroatoms. The summed E-state index contributed by atoms with van der Waals surface area (Å²) in [4.78, 5) is 27.8. The van der Waals surface area contributed by atoms with Crippen LogP contribution in [-0.2, 0) is 10.0 Å². The Bertz CT molecular complexity index is 1470. The van der Waals surface area contributed by atoms with E-state index in [2.05, 4.69) is 14.7 Å². The molecule has 0 unspecified atom stereocenters. The zero-order valence-corrected chi connectivity index (χ0v) is 16.6. The second-order valence-electron chi connectivity index (χ2n) is 6.64. The fraction of sp³-hybridized carbons (Fsp3) is 0.0476. The Balaban J connectivity index is 1.70. The summed E-state index contributed by atoms with van der Waals surface area (Å²) in [6.45, 7) is 1.93. The highest BCUT2D eigenvalue weighted by Gasteiger charge is 2.18. The van der Waals surface area contributed by atoms with Gasteiger partial charge >= 0.3 is 5.69 Å². The maximum atomic E-state index is 12.9. The first-order valence-electron chi connectivity index (χ1n) is 8.94. The molecule has 1 aromatic heterocycles. The van der Waals surface area contributed by atoms with Crippen molar-refractivity contribution in [3.05, 3.63) is 93.1 Å². The maximum Gasteiger partial charge on any atom is 0.326 e. The third kappa shape index (κ3) is 3.96. The molecular formula is C21H17N3O5S. The molecule has 0 atom stereocenters. The quantitative estimate of drug-likeness (QED) is 0.455. The summed E-state index contributed by atoms with van der Waals surface area (Å²) in [7, 11) is -4.03. The van der Waals surface area contributed by atoms with Gasteiger partial charge in [0.25, 0.3) is 15.6 Å². The average Bonchev–Trinajstić information content (AvgIpc) is 2.69. The van der Waals surface area contributed by atoms with Crippen LogP contribution in [0.3, 0.4) is 0 Å². The molecule has 0 amide bonds. The van der Waals surface area contributed by atoms with E-state index in [0.717, 1.165) is 5.56 Å². The number of ether oxygens (including phenoxy) is 1. The maximum absolute atomic E-state index is 12.9. The number of nitrogens with one attached hydrogen (secondary N) is 3. The van der Waals surface area contributed by atoms with E-state index in [-0.39, 0.29) is 21.5 Å². The molecular weight excluding hydrogens is 406 g/mol. The number of rotatable bonds is 5. The zero-order chi connectivity index (χ0) is 21.3. The third-order valence-corrected chi connectivity index (χ3v) is 5.73. The molecule has 4 rings (SSSR count). The minimum Gasteiger partial charge on any atom is -0.455 e. The van der Waals surface area contributed by atoms with E-state index in [0.29, 0.717) is 11.5 Å². The molecule has 3 N–H and O–H groups in total. The summed E-state index contributed by atoms with van der Waals surface area (Å²) in [5.74, 6) is 0.900. The summed E-state index contributed by atoms with van der Waals surface area (Å²) in [6.07, 6.45) is 0. The van der Waals surface area contributed by atoms with Gasteiger partial charge in [0.1, 0.15) is 5.75 Å².